The fourth-order valence-corrected chi connectivity index (χ4v) is 9.80. The van der Waals surface area contributed by atoms with Gasteiger partial charge in [0.05, 0.1) is 11.2 Å². The van der Waals surface area contributed by atoms with Gasteiger partial charge in [-0.1, -0.05) is 188 Å². The Balaban J connectivity index is 1.14. The Morgan fingerprint density at radius 2 is 0.952 bits per heavy atom. The fraction of sp³-hybridized carbons (Fsp3) is 0.0169. The second-order valence-electron chi connectivity index (χ2n) is 16.2. The molecule has 1 aromatic heterocycles. The maximum absolute atomic E-state index is 6.90. The van der Waals surface area contributed by atoms with Gasteiger partial charge < -0.3 is 5.73 Å². The van der Waals surface area contributed by atoms with Gasteiger partial charge in [-0.2, -0.15) is 0 Å². The van der Waals surface area contributed by atoms with Crippen molar-refractivity contribution in [2.24, 2.45) is 10.7 Å². The molecule has 0 saturated heterocycles. The number of hydrogen-bond donors (Lipinski definition) is 1. The molecular weight excluding hydrogens is 751 g/mol. The van der Waals surface area contributed by atoms with Gasteiger partial charge in [0.1, 0.15) is 11.9 Å². The Kier molecular flexibility index (Phi) is 8.39. The average molecular weight is 790 g/mol. The van der Waals surface area contributed by atoms with E-state index in [4.69, 9.17) is 15.7 Å². The molecule has 0 saturated carbocycles. The normalized spacial score (nSPS) is 12.6. The Morgan fingerprint density at radius 1 is 0.387 bits per heavy atom. The van der Waals surface area contributed by atoms with E-state index in [-0.39, 0.29) is 6.04 Å². The van der Waals surface area contributed by atoms with Crippen molar-refractivity contribution in [2.75, 3.05) is 0 Å². The lowest BCUT2D eigenvalue weighted by Gasteiger charge is -2.20. The number of aliphatic imine (C=N–C) groups is 1. The van der Waals surface area contributed by atoms with Crippen LogP contribution in [0.1, 0.15) is 22.7 Å². The molecule has 12 aromatic rings. The van der Waals surface area contributed by atoms with Gasteiger partial charge >= 0.3 is 0 Å². The molecule has 0 spiro atoms. The second kappa shape index (κ2) is 14.5. The third-order valence-corrected chi connectivity index (χ3v) is 12.6. The zero-order valence-electron chi connectivity index (χ0n) is 33.8. The molecule has 0 bridgehead atoms. The van der Waals surface area contributed by atoms with E-state index in [1.54, 1.807) is 0 Å². The summed E-state index contributed by atoms with van der Waals surface area (Å²) in [6.07, 6.45) is 0. The van der Waals surface area contributed by atoms with Crippen LogP contribution in [0.15, 0.2) is 223 Å². The molecule has 290 valence electrons. The third-order valence-electron chi connectivity index (χ3n) is 12.6. The molecular formula is C59H39N3. The van der Waals surface area contributed by atoms with E-state index < -0.39 is 0 Å². The molecule has 0 aliphatic heterocycles. The molecule has 3 heteroatoms. The number of para-hydroxylation sites is 1. The number of aromatic nitrogens is 1. The maximum atomic E-state index is 6.90. The molecule has 11 aromatic carbocycles. The van der Waals surface area contributed by atoms with E-state index in [0.29, 0.717) is 5.84 Å². The minimum absolute atomic E-state index is 0.371. The minimum Gasteiger partial charge on any atom is -0.383 e. The minimum atomic E-state index is -0.371. The van der Waals surface area contributed by atoms with E-state index in [0.717, 1.165) is 71.7 Å². The van der Waals surface area contributed by atoms with Crippen LogP contribution >= 0.6 is 0 Å². The van der Waals surface area contributed by atoms with Gasteiger partial charge in [0.15, 0.2) is 0 Å². The lowest BCUT2D eigenvalue weighted by molar-refractivity contribution is 0.871. The zero-order valence-corrected chi connectivity index (χ0v) is 33.8. The van der Waals surface area contributed by atoms with Crippen LogP contribution in [0.3, 0.4) is 0 Å². The number of nitrogens with two attached hydrogens (primary N) is 1. The topological polar surface area (TPSA) is 51.3 Å². The SMILES string of the molecule is NC(=NC(c1ccccc1)c1cc(-c2cccc3c(-c4nc5ccccc5c5ccccc45)cccc23)cc(-c2cc3cccc4ccc5cccc2c5c43)c1)c1ccccc1. The average Bonchev–Trinajstić information content (AvgIpc) is 3.34. The number of rotatable bonds is 7. The van der Waals surface area contributed by atoms with Crippen LogP contribution in [0.25, 0.3) is 98.3 Å². The zero-order chi connectivity index (χ0) is 41.1. The smallest absolute Gasteiger partial charge is 0.126 e. The van der Waals surface area contributed by atoms with Gasteiger partial charge in [0, 0.05) is 21.9 Å². The van der Waals surface area contributed by atoms with Crippen LogP contribution in [0.2, 0.25) is 0 Å². The number of pyridine rings is 1. The van der Waals surface area contributed by atoms with Crippen LogP contribution in [-0.2, 0) is 0 Å². The number of benzene rings is 11. The molecule has 3 nitrogen and oxygen atoms in total. The van der Waals surface area contributed by atoms with E-state index in [9.17, 15) is 0 Å². The van der Waals surface area contributed by atoms with Gasteiger partial charge in [-0.05, 0) is 112 Å². The van der Waals surface area contributed by atoms with E-state index in [2.05, 4.69) is 188 Å². The summed E-state index contributed by atoms with van der Waals surface area (Å²) in [5.41, 5.74) is 17.6. The lowest BCUT2D eigenvalue weighted by atomic mass is 9.85. The molecule has 1 atom stereocenters. The van der Waals surface area contributed by atoms with Crippen molar-refractivity contribution >= 4 is 70.6 Å². The molecule has 12 rings (SSSR count). The largest absolute Gasteiger partial charge is 0.383 e. The van der Waals surface area contributed by atoms with Gasteiger partial charge in [0.2, 0.25) is 0 Å². The maximum Gasteiger partial charge on any atom is 0.126 e. The first-order valence-corrected chi connectivity index (χ1v) is 21.2. The molecule has 62 heavy (non-hydrogen) atoms. The predicted molar refractivity (Wildman–Crippen MR) is 262 cm³/mol. The van der Waals surface area contributed by atoms with Crippen LogP contribution in [-0.4, -0.2) is 10.8 Å². The fourth-order valence-electron chi connectivity index (χ4n) is 9.80. The number of hydrogen-bond acceptors (Lipinski definition) is 2. The van der Waals surface area contributed by atoms with Gasteiger partial charge in [-0.3, -0.25) is 4.99 Å². The summed E-state index contributed by atoms with van der Waals surface area (Å²) in [4.78, 5) is 10.7. The Bertz CT molecular complexity index is 3700. The highest BCUT2D eigenvalue weighted by Gasteiger charge is 2.21. The molecule has 0 aliphatic rings. The molecule has 0 amide bonds. The first kappa shape index (κ1) is 35.8. The summed E-state index contributed by atoms with van der Waals surface area (Å²) in [7, 11) is 0. The molecule has 1 unspecified atom stereocenters. The van der Waals surface area contributed by atoms with Crippen molar-refractivity contribution < 1.29 is 0 Å². The molecule has 0 aliphatic carbocycles. The number of amidine groups is 1. The van der Waals surface area contributed by atoms with Crippen LogP contribution < -0.4 is 5.73 Å². The van der Waals surface area contributed by atoms with E-state index in [1.165, 1.54) is 43.3 Å². The molecule has 0 radical (unpaired) electrons. The van der Waals surface area contributed by atoms with E-state index >= 15 is 0 Å². The molecule has 1 heterocycles. The van der Waals surface area contributed by atoms with Crippen molar-refractivity contribution in [2.45, 2.75) is 6.04 Å². The highest BCUT2D eigenvalue weighted by Crippen LogP contribution is 2.44. The Morgan fingerprint density at radius 3 is 1.74 bits per heavy atom. The first-order valence-electron chi connectivity index (χ1n) is 21.2. The van der Waals surface area contributed by atoms with Crippen LogP contribution in [0, 0.1) is 0 Å². The van der Waals surface area contributed by atoms with Gasteiger partial charge in [-0.15, -0.1) is 0 Å². The summed E-state index contributed by atoms with van der Waals surface area (Å²) in [6.45, 7) is 0. The van der Waals surface area contributed by atoms with Gasteiger partial charge in [0.25, 0.3) is 0 Å². The quantitative estimate of drug-likeness (QED) is 0.0993. The molecule has 2 N–H and O–H groups in total. The first-order chi connectivity index (χ1) is 30.7. The van der Waals surface area contributed by atoms with Crippen molar-refractivity contribution in [3.8, 4) is 33.5 Å². The Labute approximate surface area is 359 Å². The standard InChI is InChI=1S/C59H39N3/c60-59(40-17-5-2-6-18-40)62-57(39-15-3-1-4-16-39)44-34-42(33-43(35-44)53-36-41-21-11-19-37-31-32-38-20-12-28-50(53)56(38)55(37)41)45-25-13-27-47-46(45)26-14-29-52(47)58-51-24-8-7-22-48(51)49-23-9-10-30-54(49)61-58/h1-36,57H,(H2,60,62). The van der Waals surface area contributed by atoms with Crippen molar-refractivity contribution in [3.05, 3.63) is 235 Å². The third kappa shape index (κ3) is 5.89. The van der Waals surface area contributed by atoms with Gasteiger partial charge in [-0.25, -0.2) is 4.98 Å². The highest BCUT2D eigenvalue weighted by molar-refractivity contribution is 6.26. The monoisotopic (exact) mass is 789 g/mol. The van der Waals surface area contributed by atoms with Crippen molar-refractivity contribution in [1.82, 2.24) is 4.98 Å². The Hall–Kier alpha value is -8.14. The van der Waals surface area contributed by atoms with Crippen molar-refractivity contribution in [1.29, 1.82) is 0 Å². The summed E-state index contributed by atoms with van der Waals surface area (Å²) in [6, 6.07) is 77.9. The summed E-state index contributed by atoms with van der Waals surface area (Å²) in [5.74, 6) is 0.499. The lowest BCUT2D eigenvalue weighted by Crippen LogP contribution is -2.15. The van der Waals surface area contributed by atoms with E-state index in [1.807, 2.05) is 30.3 Å². The second-order valence-corrected chi connectivity index (χ2v) is 16.2. The highest BCUT2D eigenvalue weighted by atomic mass is 14.9. The predicted octanol–water partition coefficient (Wildman–Crippen LogP) is 14.9. The molecule has 0 fully saturated rings. The summed E-state index contributed by atoms with van der Waals surface area (Å²) >= 11 is 0. The summed E-state index contributed by atoms with van der Waals surface area (Å²) < 4.78 is 0. The summed E-state index contributed by atoms with van der Waals surface area (Å²) in [5, 5.41) is 13.4. The van der Waals surface area contributed by atoms with Crippen molar-refractivity contribution in [3.63, 3.8) is 0 Å². The number of fused-ring (bicyclic) bond motifs is 4. The van der Waals surface area contributed by atoms with Crippen LogP contribution in [0.5, 0.6) is 0 Å². The number of nitrogens with zero attached hydrogens (tertiary/aromatic N) is 2. The van der Waals surface area contributed by atoms with Crippen LogP contribution in [0.4, 0.5) is 0 Å².